The monoisotopic (exact) mass is 292 g/mol. The van der Waals surface area contributed by atoms with E-state index < -0.39 is 10.0 Å². The molecular formula is C15H20N2O2S. The SMILES string of the molecule is Cc1ccc(S(=O)(=O)NC2CC(C)C2)c(C#CCN)c1. The Kier molecular flexibility index (Phi) is 4.48. The number of hydrogen-bond donors (Lipinski definition) is 2. The first-order chi connectivity index (χ1) is 9.42. The van der Waals surface area contributed by atoms with Crippen molar-refractivity contribution < 1.29 is 8.42 Å². The van der Waals surface area contributed by atoms with Gasteiger partial charge in [-0.1, -0.05) is 24.8 Å². The van der Waals surface area contributed by atoms with E-state index in [0.717, 1.165) is 18.4 Å². The summed E-state index contributed by atoms with van der Waals surface area (Å²) in [6.07, 6.45) is 1.80. The third-order valence-corrected chi connectivity index (χ3v) is 5.02. The average molecular weight is 292 g/mol. The second-order valence-electron chi connectivity index (χ2n) is 5.40. The van der Waals surface area contributed by atoms with E-state index in [0.29, 0.717) is 11.5 Å². The first-order valence-electron chi connectivity index (χ1n) is 6.74. The number of nitrogens with one attached hydrogen (secondary N) is 1. The molecule has 1 aromatic rings. The minimum absolute atomic E-state index is 0.0478. The van der Waals surface area contributed by atoms with E-state index in [1.165, 1.54) is 0 Å². The van der Waals surface area contributed by atoms with Crippen LogP contribution < -0.4 is 10.5 Å². The zero-order valence-corrected chi connectivity index (χ0v) is 12.6. The minimum Gasteiger partial charge on any atom is -0.320 e. The smallest absolute Gasteiger partial charge is 0.242 e. The molecule has 20 heavy (non-hydrogen) atoms. The Morgan fingerprint density at radius 1 is 1.40 bits per heavy atom. The van der Waals surface area contributed by atoms with Crippen molar-refractivity contribution in [1.29, 1.82) is 0 Å². The Hall–Kier alpha value is -1.35. The lowest BCUT2D eigenvalue weighted by Crippen LogP contribution is -2.43. The maximum Gasteiger partial charge on any atom is 0.242 e. The summed E-state index contributed by atoms with van der Waals surface area (Å²) in [6.45, 7) is 4.24. The number of sulfonamides is 1. The third kappa shape index (κ3) is 3.40. The Bertz CT molecular complexity index is 650. The summed E-state index contributed by atoms with van der Waals surface area (Å²) in [5.41, 5.74) is 6.85. The summed E-state index contributed by atoms with van der Waals surface area (Å²) < 4.78 is 27.6. The molecule has 0 heterocycles. The summed E-state index contributed by atoms with van der Waals surface area (Å²) in [5, 5.41) is 0. The van der Waals surface area contributed by atoms with E-state index in [4.69, 9.17) is 5.73 Å². The van der Waals surface area contributed by atoms with Gasteiger partial charge in [0, 0.05) is 11.6 Å². The molecule has 1 aliphatic rings. The predicted molar refractivity (Wildman–Crippen MR) is 79.6 cm³/mol. The van der Waals surface area contributed by atoms with Crippen LogP contribution in [0.3, 0.4) is 0 Å². The van der Waals surface area contributed by atoms with Gasteiger partial charge < -0.3 is 5.73 Å². The molecule has 3 N–H and O–H groups in total. The standard InChI is InChI=1S/C15H20N2O2S/c1-11-5-6-15(13(8-11)4-3-7-16)20(18,19)17-14-9-12(2)10-14/h5-6,8,12,14,17H,7,9-10,16H2,1-2H3. The lowest BCUT2D eigenvalue weighted by atomic mass is 9.83. The zero-order valence-electron chi connectivity index (χ0n) is 11.8. The van der Waals surface area contributed by atoms with Crippen molar-refractivity contribution in [2.24, 2.45) is 11.7 Å². The summed E-state index contributed by atoms with van der Waals surface area (Å²) in [7, 11) is -3.51. The molecule has 4 nitrogen and oxygen atoms in total. The largest absolute Gasteiger partial charge is 0.320 e. The number of hydrogen-bond acceptors (Lipinski definition) is 3. The molecule has 1 aromatic carbocycles. The number of nitrogens with two attached hydrogens (primary N) is 1. The minimum atomic E-state index is -3.51. The molecular weight excluding hydrogens is 272 g/mol. The normalized spacial score (nSPS) is 21.8. The molecule has 0 radical (unpaired) electrons. The number of rotatable bonds is 3. The van der Waals surface area contributed by atoms with Gasteiger partial charge in [0.25, 0.3) is 0 Å². The van der Waals surface area contributed by atoms with E-state index in [9.17, 15) is 8.42 Å². The van der Waals surface area contributed by atoms with Gasteiger partial charge in [0.1, 0.15) is 0 Å². The van der Waals surface area contributed by atoms with Crippen molar-refractivity contribution in [2.75, 3.05) is 6.54 Å². The molecule has 0 unspecified atom stereocenters. The van der Waals surface area contributed by atoms with Crippen LogP contribution >= 0.6 is 0 Å². The van der Waals surface area contributed by atoms with Crippen LogP contribution in [0.2, 0.25) is 0 Å². The molecule has 0 amide bonds. The van der Waals surface area contributed by atoms with Crippen molar-refractivity contribution in [3.63, 3.8) is 0 Å². The van der Waals surface area contributed by atoms with Gasteiger partial charge in [0.05, 0.1) is 11.4 Å². The Morgan fingerprint density at radius 2 is 2.10 bits per heavy atom. The summed E-state index contributed by atoms with van der Waals surface area (Å²) in [4.78, 5) is 0.239. The highest BCUT2D eigenvalue weighted by Gasteiger charge is 2.30. The average Bonchev–Trinajstić information content (AvgIpc) is 2.34. The quantitative estimate of drug-likeness (QED) is 0.827. The Labute approximate surface area is 120 Å². The van der Waals surface area contributed by atoms with Gasteiger partial charge in [-0.3, -0.25) is 0 Å². The molecule has 2 rings (SSSR count). The van der Waals surface area contributed by atoms with Crippen LogP contribution in [-0.4, -0.2) is 21.0 Å². The van der Waals surface area contributed by atoms with Crippen molar-refractivity contribution >= 4 is 10.0 Å². The van der Waals surface area contributed by atoms with Crippen LogP contribution in [0.15, 0.2) is 23.1 Å². The summed E-state index contributed by atoms with van der Waals surface area (Å²) >= 11 is 0. The summed E-state index contributed by atoms with van der Waals surface area (Å²) in [5.74, 6) is 6.16. The molecule has 108 valence electrons. The Balaban J connectivity index is 2.30. The second kappa shape index (κ2) is 5.96. The summed E-state index contributed by atoms with van der Waals surface area (Å²) in [6, 6.07) is 5.22. The first-order valence-corrected chi connectivity index (χ1v) is 8.22. The molecule has 0 spiro atoms. The van der Waals surface area contributed by atoms with Crippen molar-refractivity contribution in [1.82, 2.24) is 4.72 Å². The first kappa shape index (κ1) is 15.0. The van der Waals surface area contributed by atoms with Crippen molar-refractivity contribution in [3.05, 3.63) is 29.3 Å². The maximum absolute atomic E-state index is 12.4. The van der Waals surface area contributed by atoms with Crippen LogP contribution in [0, 0.1) is 24.7 Å². The van der Waals surface area contributed by atoms with E-state index >= 15 is 0 Å². The number of benzene rings is 1. The highest BCUT2D eigenvalue weighted by atomic mass is 32.2. The molecule has 0 atom stereocenters. The van der Waals surface area contributed by atoms with Gasteiger partial charge in [0.2, 0.25) is 10.0 Å². The van der Waals surface area contributed by atoms with Crippen LogP contribution in [0.1, 0.15) is 30.9 Å². The fourth-order valence-electron chi connectivity index (χ4n) is 2.40. The van der Waals surface area contributed by atoms with Crippen LogP contribution in [-0.2, 0) is 10.0 Å². The second-order valence-corrected chi connectivity index (χ2v) is 7.08. The van der Waals surface area contributed by atoms with Gasteiger partial charge in [-0.25, -0.2) is 13.1 Å². The molecule has 1 fully saturated rings. The molecule has 0 bridgehead atoms. The fourth-order valence-corrected chi connectivity index (χ4v) is 3.81. The zero-order chi connectivity index (χ0) is 14.8. The van der Waals surface area contributed by atoms with Gasteiger partial charge in [-0.2, -0.15) is 0 Å². The predicted octanol–water partition coefficient (Wildman–Crippen LogP) is 1.38. The van der Waals surface area contributed by atoms with Crippen LogP contribution in [0.25, 0.3) is 0 Å². The molecule has 1 aliphatic carbocycles. The van der Waals surface area contributed by atoms with E-state index in [1.807, 2.05) is 6.92 Å². The number of aryl methyl sites for hydroxylation is 1. The highest BCUT2D eigenvalue weighted by molar-refractivity contribution is 7.89. The Morgan fingerprint density at radius 3 is 2.70 bits per heavy atom. The highest BCUT2D eigenvalue weighted by Crippen LogP contribution is 2.28. The van der Waals surface area contributed by atoms with Gasteiger partial charge in [0.15, 0.2) is 0 Å². The molecule has 5 heteroatoms. The molecule has 1 saturated carbocycles. The fraction of sp³-hybridized carbons (Fsp3) is 0.467. The molecule has 0 aliphatic heterocycles. The molecule has 0 saturated heterocycles. The van der Waals surface area contributed by atoms with Crippen LogP contribution in [0.5, 0.6) is 0 Å². The van der Waals surface area contributed by atoms with E-state index in [1.54, 1.807) is 18.2 Å². The lowest BCUT2D eigenvalue weighted by molar-refractivity contribution is 0.270. The van der Waals surface area contributed by atoms with Crippen molar-refractivity contribution in [2.45, 2.75) is 37.6 Å². The van der Waals surface area contributed by atoms with Gasteiger partial charge in [-0.15, -0.1) is 0 Å². The van der Waals surface area contributed by atoms with Gasteiger partial charge >= 0.3 is 0 Å². The van der Waals surface area contributed by atoms with Crippen LogP contribution in [0.4, 0.5) is 0 Å². The third-order valence-electron chi connectivity index (χ3n) is 3.45. The van der Waals surface area contributed by atoms with E-state index in [-0.39, 0.29) is 17.5 Å². The lowest BCUT2D eigenvalue weighted by Gasteiger charge is -2.33. The van der Waals surface area contributed by atoms with Crippen molar-refractivity contribution in [3.8, 4) is 11.8 Å². The molecule has 0 aromatic heterocycles. The maximum atomic E-state index is 12.4. The van der Waals surface area contributed by atoms with Gasteiger partial charge in [-0.05, 0) is 43.4 Å². The van der Waals surface area contributed by atoms with E-state index in [2.05, 4.69) is 23.5 Å². The topological polar surface area (TPSA) is 72.2 Å².